The van der Waals surface area contributed by atoms with Gasteiger partial charge in [0.1, 0.15) is 0 Å². The first-order chi connectivity index (χ1) is 6.18. The van der Waals surface area contributed by atoms with E-state index >= 15 is 0 Å². The molecule has 2 atom stereocenters. The summed E-state index contributed by atoms with van der Waals surface area (Å²) in [6, 6.07) is 0.235. The number of nitrogens with two attached hydrogens (primary N) is 1. The fourth-order valence-electron chi connectivity index (χ4n) is 1.40. The first-order valence-corrected chi connectivity index (χ1v) is 6.13. The van der Waals surface area contributed by atoms with Crippen LogP contribution in [0.15, 0.2) is 0 Å². The molecule has 80 valence electrons. The minimum Gasteiger partial charge on any atom is -0.327 e. The van der Waals surface area contributed by atoms with E-state index in [4.69, 9.17) is 5.73 Å². The predicted octanol–water partition coefficient (Wildman–Crippen LogP) is 3.38. The molecule has 0 heterocycles. The van der Waals surface area contributed by atoms with Gasteiger partial charge in [0.25, 0.3) is 0 Å². The molecule has 2 heteroatoms. The molecule has 0 aromatic rings. The molecule has 0 fully saturated rings. The Bertz CT molecular complexity index is 104. The molecule has 0 aromatic heterocycles. The summed E-state index contributed by atoms with van der Waals surface area (Å²) in [4.78, 5) is 0. The van der Waals surface area contributed by atoms with Gasteiger partial charge in [-0.1, -0.05) is 45.4 Å². The van der Waals surface area contributed by atoms with E-state index in [0.29, 0.717) is 5.25 Å². The van der Waals surface area contributed by atoms with Crippen molar-refractivity contribution < 1.29 is 0 Å². The van der Waals surface area contributed by atoms with Gasteiger partial charge in [-0.15, -0.1) is 0 Å². The lowest BCUT2D eigenvalue weighted by atomic mass is 10.1. The molecular weight excluding hydrogens is 178 g/mol. The van der Waals surface area contributed by atoms with Crippen LogP contribution in [-0.2, 0) is 0 Å². The average Bonchev–Trinajstić information content (AvgIpc) is 2.10. The highest BCUT2D eigenvalue weighted by atomic mass is 32.1. The van der Waals surface area contributed by atoms with Crippen LogP contribution in [-0.4, -0.2) is 11.3 Å². The van der Waals surface area contributed by atoms with Crippen molar-refractivity contribution in [3.63, 3.8) is 0 Å². The fourth-order valence-corrected chi connectivity index (χ4v) is 1.58. The molecule has 13 heavy (non-hydrogen) atoms. The van der Waals surface area contributed by atoms with Crippen LogP contribution in [0, 0.1) is 0 Å². The van der Waals surface area contributed by atoms with Crippen LogP contribution in [0.1, 0.15) is 58.8 Å². The van der Waals surface area contributed by atoms with E-state index in [1.165, 1.54) is 44.9 Å². The Hall–Kier alpha value is 0.310. The maximum Gasteiger partial charge on any atom is 0.0166 e. The van der Waals surface area contributed by atoms with Crippen LogP contribution >= 0.6 is 12.6 Å². The van der Waals surface area contributed by atoms with Crippen molar-refractivity contribution in [1.29, 1.82) is 0 Å². The molecule has 0 saturated heterocycles. The molecule has 0 radical (unpaired) electrons. The second kappa shape index (κ2) is 8.89. The molecule has 0 rings (SSSR count). The van der Waals surface area contributed by atoms with Crippen molar-refractivity contribution in [3.8, 4) is 0 Å². The van der Waals surface area contributed by atoms with Crippen LogP contribution < -0.4 is 5.73 Å². The Morgan fingerprint density at radius 1 is 1.08 bits per heavy atom. The molecule has 0 aromatic carbocycles. The van der Waals surface area contributed by atoms with Crippen molar-refractivity contribution in [3.05, 3.63) is 0 Å². The van der Waals surface area contributed by atoms with Crippen molar-refractivity contribution in [2.75, 3.05) is 0 Å². The summed E-state index contributed by atoms with van der Waals surface area (Å²) in [6.07, 6.45) is 9.31. The molecule has 0 aliphatic carbocycles. The van der Waals surface area contributed by atoms with Gasteiger partial charge in [-0.2, -0.15) is 12.6 Å². The van der Waals surface area contributed by atoms with Gasteiger partial charge in [0.05, 0.1) is 0 Å². The first kappa shape index (κ1) is 13.3. The third-order valence-corrected chi connectivity index (χ3v) is 3.19. The number of thiol groups is 1. The highest BCUT2D eigenvalue weighted by molar-refractivity contribution is 7.81. The van der Waals surface area contributed by atoms with Crippen molar-refractivity contribution in [2.24, 2.45) is 5.73 Å². The SMILES string of the molecule is CCCCCCCCC(S)C(C)N. The third-order valence-electron chi connectivity index (χ3n) is 2.46. The van der Waals surface area contributed by atoms with Gasteiger partial charge in [-0.3, -0.25) is 0 Å². The summed E-state index contributed by atoms with van der Waals surface area (Å²) in [7, 11) is 0. The van der Waals surface area contributed by atoms with E-state index in [1.54, 1.807) is 0 Å². The Morgan fingerprint density at radius 2 is 1.62 bits per heavy atom. The zero-order chi connectivity index (χ0) is 10.1. The van der Waals surface area contributed by atoms with E-state index in [1.807, 2.05) is 6.92 Å². The van der Waals surface area contributed by atoms with Gasteiger partial charge >= 0.3 is 0 Å². The second-order valence-corrected chi connectivity index (χ2v) is 4.65. The van der Waals surface area contributed by atoms with Crippen molar-refractivity contribution >= 4 is 12.6 Å². The largest absolute Gasteiger partial charge is 0.327 e. The van der Waals surface area contributed by atoms with Gasteiger partial charge < -0.3 is 5.73 Å². The standard InChI is InChI=1S/C11H25NS/c1-3-4-5-6-7-8-9-11(13)10(2)12/h10-11,13H,3-9,12H2,1-2H3. The van der Waals surface area contributed by atoms with Crippen LogP contribution in [0.4, 0.5) is 0 Å². The van der Waals surface area contributed by atoms with Crippen LogP contribution in [0.3, 0.4) is 0 Å². The first-order valence-electron chi connectivity index (χ1n) is 5.62. The number of hydrogen-bond donors (Lipinski definition) is 2. The molecule has 0 aliphatic heterocycles. The third kappa shape index (κ3) is 8.63. The Balaban J connectivity index is 3.07. The second-order valence-electron chi connectivity index (χ2n) is 3.98. The Morgan fingerprint density at radius 3 is 2.15 bits per heavy atom. The normalized spacial score (nSPS) is 15.7. The van der Waals surface area contributed by atoms with Gasteiger partial charge in [0.15, 0.2) is 0 Å². The average molecular weight is 203 g/mol. The monoisotopic (exact) mass is 203 g/mol. The fraction of sp³-hybridized carbons (Fsp3) is 1.00. The summed E-state index contributed by atoms with van der Waals surface area (Å²) < 4.78 is 0. The van der Waals surface area contributed by atoms with Gasteiger partial charge in [0.2, 0.25) is 0 Å². The summed E-state index contributed by atoms with van der Waals surface area (Å²) in [6.45, 7) is 4.29. The van der Waals surface area contributed by atoms with Crippen LogP contribution in [0.25, 0.3) is 0 Å². The molecule has 0 amide bonds. The smallest absolute Gasteiger partial charge is 0.0166 e. The zero-order valence-corrected chi connectivity index (χ0v) is 10.0. The highest BCUT2D eigenvalue weighted by Gasteiger charge is 2.06. The van der Waals surface area contributed by atoms with E-state index < -0.39 is 0 Å². The lowest BCUT2D eigenvalue weighted by Gasteiger charge is -2.13. The maximum absolute atomic E-state index is 5.72. The number of hydrogen-bond acceptors (Lipinski definition) is 2. The molecule has 2 N–H and O–H groups in total. The van der Waals surface area contributed by atoms with Crippen molar-refractivity contribution in [1.82, 2.24) is 0 Å². The number of unbranched alkanes of at least 4 members (excludes halogenated alkanes) is 5. The molecule has 1 nitrogen and oxygen atoms in total. The zero-order valence-electron chi connectivity index (χ0n) is 9.13. The van der Waals surface area contributed by atoms with Crippen LogP contribution in [0.2, 0.25) is 0 Å². The summed E-state index contributed by atoms with van der Waals surface area (Å²) in [5.41, 5.74) is 5.72. The minimum absolute atomic E-state index is 0.235. The molecule has 2 unspecified atom stereocenters. The summed E-state index contributed by atoms with van der Waals surface area (Å²) in [5.74, 6) is 0. The Kier molecular flexibility index (Phi) is 9.10. The van der Waals surface area contributed by atoms with E-state index in [-0.39, 0.29) is 6.04 Å². The lowest BCUT2D eigenvalue weighted by Crippen LogP contribution is -2.26. The lowest BCUT2D eigenvalue weighted by molar-refractivity contribution is 0.557. The molecule has 0 bridgehead atoms. The number of rotatable bonds is 8. The van der Waals surface area contributed by atoms with Gasteiger partial charge in [0, 0.05) is 11.3 Å². The topological polar surface area (TPSA) is 26.0 Å². The van der Waals surface area contributed by atoms with E-state index in [9.17, 15) is 0 Å². The molecule has 0 saturated carbocycles. The minimum atomic E-state index is 0.235. The van der Waals surface area contributed by atoms with E-state index in [0.717, 1.165) is 0 Å². The van der Waals surface area contributed by atoms with Gasteiger partial charge in [-0.25, -0.2) is 0 Å². The molecule has 0 spiro atoms. The van der Waals surface area contributed by atoms with E-state index in [2.05, 4.69) is 19.6 Å². The highest BCUT2D eigenvalue weighted by Crippen LogP contribution is 2.12. The van der Waals surface area contributed by atoms with Crippen LogP contribution in [0.5, 0.6) is 0 Å². The quantitative estimate of drug-likeness (QED) is 0.459. The summed E-state index contributed by atoms with van der Waals surface area (Å²) in [5, 5.41) is 0.395. The summed E-state index contributed by atoms with van der Waals surface area (Å²) >= 11 is 4.44. The predicted molar refractivity (Wildman–Crippen MR) is 64.4 cm³/mol. The molecular formula is C11H25NS. The van der Waals surface area contributed by atoms with Crippen molar-refractivity contribution in [2.45, 2.75) is 70.1 Å². The molecule has 0 aliphatic rings. The maximum atomic E-state index is 5.72. The van der Waals surface area contributed by atoms with Gasteiger partial charge in [-0.05, 0) is 13.3 Å². The Labute approximate surface area is 88.9 Å².